The van der Waals surface area contributed by atoms with E-state index in [9.17, 15) is 0 Å². The van der Waals surface area contributed by atoms with Crippen LogP contribution in [0.5, 0.6) is 5.88 Å². The molecule has 3 heterocycles. The van der Waals surface area contributed by atoms with Crippen LogP contribution in [0, 0.1) is 0 Å². The lowest BCUT2D eigenvalue weighted by Crippen LogP contribution is -2.59. The largest absolute Gasteiger partial charge is 0.471 e. The van der Waals surface area contributed by atoms with Gasteiger partial charge in [0, 0.05) is 0 Å². The van der Waals surface area contributed by atoms with Gasteiger partial charge in [-0.25, -0.2) is 4.98 Å². The van der Waals surface area contributed by atoms with Crippen molar-refractivity contribution in [2.75, 3.05) is 12.3 Å². The molecule has 1 aliphatic rings. The first-order valence-electron chi connectivity index (χ1n) is 19.1. The maximum Gasteiger partial charge on any atom is 0.247 e. The molecule has 290 valence electrons. The summed E-state index contributed by atoms with van der Waals surface area (Å²) in [6, 6.07) is 50.0. The summed E-state index contributed by atoms with van der Waals surface area (Å²) in [6.45, 7) is 1.79. The average Bonchev–Trinajstić information content (AvgIpc) is 3.69. The number of imidazole rings is 1. The number of hydrogen-bond donors (Lipinski definition) is 1. The van der Waals surface area contributed by atoms with Gasteiger partial charge < -0.3 is 34.2 Å². The van der Waals surface area contributed by atoms with Crippen LogP contribution >= 0.6 is 0 Å². The van der Waals surface area contributed by atoms with Crippen LogP contribution in [0.4, 0.5) is 5.95 Å². The van der Waals surface area contributed by atoms with Crippen molar-refractivity contribution >= 4 is 17.1 Å². The van der Waals surface area contributed by atoms with Gasteiger partial charge in [-0.2, -0.15) is 9.97 Å². The third kappa shape index (κ3) is 9.72. The van der Waals surface area contributed by atoms with Crippen LogP contribution in [0.2, 0.25) is 0 Å². The Balaban J connectivity index is 1.18. The third-order valence-corrected chi connectivity index (χ3v) is 9.76. The van der Waals surface area contributed by atoms with E-state index in [2.05, 4.69) is 9.97 Å². The molecular weight excluding hydrogens is 719 g/mol. The van der Waals surface area contributed by atoms with Gasteiger partial charge >= 0.3 is 0 Å². The van der Waals surface area contributed by atoms with E-state index in [4.69, 9.17) is 39.1 Å². The Morgan fingerprint density at radius 3 is 1.51 bits per heavy atom. The Bertz CT molecular complexity index is 2270. The summed E-state index contributed by atoms with van der Waals surface area (Å²) in [6.07, 6.45) is -1.72. The second-order valence-electron chi connectivity index (χ2n) is 13.8. The molecule has 11 heteroatoms. The number of fused-ring (bicyclic) bond motifs is 1. The number of anilines is 1. The van der Waals surface area contributed by atoms with Crippen molar-refractivity contribution in [3.8, 4) is 5.88 Å². The van der Waals surface area contributed by atoms with Crippen molar-refractivity contribution in [2.24, 2.45) is 0 Å². The quantitative estimate of drug-likeness (QED) is 0.0981. The topological polar surface area (TPSA) is 125 Å². The van der Waals surface area contributed by atoms with Gasteiger partial charge in [-0.3, -0.25) is 4.57 Å². The maximum atomic E-state index is 7.10. The Labute approximate surface area is 332 Å². The summed E-state index contributed by atoms with van der Waals surface area (Å²) in [4.78, 5) is 13.9. The number of ether oxygens (including phenoxy) is 6. The molecule has 11 nitrogen and oxygen atoms in total. The SMILES string of the molecule is Nc1nc(OCc2ccccc2)c2ncn([C@H]3O[C@H](COCc4ccccc4)[C@@H](OCc4ccccc4)[C@H](OCc4ccccc4)[C@@H]3OCc3ccccc3)c2n1. The van der Waals surface area contributed by atoms with E-state index >= 15 is 0 Å². The molecule has 0 aliphatic carbocycles. The first kappa shape index (κ1) is 37.9. The zero-order chi connectivity index (χ0) is 38.7. The third-order valence-electron chi connectivity index (χ3n) is 9.76. The fourth-order valence-corrected chi connectivity index (χ4v) is 6.91. The van der Waals surface area contributed by atoms with Crippen molar-refractivity contribution < 1.29 is 28.4 Å². The van der Waals surface area contributed by atoms with Crippen molar-refractivity contribution in [3.05, 3.63) is 186 Å². The van der Waals surface area contributed by atoms with E-state index in [1.54, 1.807) is 6.33 Å². The zero-order valence-corrected chi connectivity index (χ0v) is 31.5. The molecule has 57 heavy (non-hydrogen) atoms. The molecule has 0 radical (unpaired) electrons. The molecule has 8 rings (SSSR count). The van der Waals surface area contributed by atoms with Crippen molar-refractivity contribution in [3.63, 3.8) is 0 Å². The monoisotopic (exact) mass is 763 g/mol. The van der Waals surface area contributed by atoms with Crippen molar-refractivity contribution in [1.29, 1.82) is 0 Å². The zero-order valence-electron chi connectivity index (χ0n) is 31.5. The van der Waals surface area contributed by atoms with E-state index in [-0.39, 0.29) is 31.6 Å². The molecule has 5 atom stereocenters. The molecule has 5 aromatic carbocycles. The molecule has 0 saturated carbocycles. The van der Waals surface area contributed by atoms with Gasteiger partial charge in [0.15, 0.2) is 17.4 Å². The molecule has 0 unspecified atom stereocenters. The van der Waals surface area contributed by atoms with E-state index in [1.165, 1.54) is 0 Å². The highest BCUT2D eigenvalue weighted by atomic mass is 16.6. The number of nitrogen functional groups attached to an aromatic ring is 1. The summed E-state index contributed by atoms with van der Waals surface area (Å²) in [5, 5.41) is 0. The summed E-state index contributed by atoms with van der Waals surface area (Å²) < 4.78 is 42.2. The van der Waals surface area contributed by atoms with Crippen LogP contribution in [-0.2, 0) is 56.7 Å². The predicted molar refractivity (Wildman–Crippen MR) is 216 cm³/mol. The number of hydrogen-bond acceptors (Lipinski definition) is 10. The Kier molecular flexibility index (Phi) is 12.5. The van der Waals surface area contributed by atoms with Crippen LogP contribution in [0.1, 0.15) is 34.0 Å². The van der Waals surface area contributed by atoms with E-state index in [0.29, 0.717) is 31.0 Å². The lowest BCUT2D eigenvalue weighted by Gasteiger charge is -2.46. The van der Waals surface area contributed by atoms with Crippen LogP contribution in [0.15, 0.2) is 158 Å². The van der Waals surface area contributed by atoms with Crippen LogP contribution in [0.3, 0.4) is 0 Å². The molecule has 2 N–H and O–H groups in total. The first-order chi connectivity index (χ1) is 28.2. The lowest BCUT2D eigenvalue weighted by atomic mass is 9.96. The second-order valence-corrected chi connectivity index (χ2v) is 13.8. The summed E-state index contributed by atoms with van der Waals surface area (Å²) in [5.74, 6) is 0.301. The van der Waals surface area contributed by atoms with Crippen molar-refractivity contribution in [1.82, 2.24) is 19.5 Å². The Morgan fingerprint density at radius 2 is 0.982 bits per heavy atom. The highest BCUT2D eigenvalue weighted by Gasteiger charge is 2.50. The Morgan fingerprint density at radius 1 is 0.526 bits per heavy atom. The van der Waals surface area contributed by atoms with Gasteiger partial charge in [0.25, 0.3) is 0 Å². The molecule has 7 aromatic rings. The number of aromatic nitrogens is 4. The minimum Gasteiger partial charge on any atom is -0.471 e. The van der Waals surface area contributed by atoms with Crippen LogP contribution in [0.25, 0.3) is 11.2 Å². The number of benzene rings is 5. The number of nitrogens with two attached hydrogens (primary N) is 1. The van der Waals surface area contributed by atoms with E-state index in [0.717, 1.165) is 27.8 Å². The van der Waals surface area contributed by atoms with Crippen molar-refractivity contribution in [2.45, 2.75) is 63.7 Å². The summed E-state index contributed by atoms with van der Waals surface area (Å²) in [5.41, 5.74) is 12.3. The molecule has 0 bridgehead atoms. The van der Waals surface area contributed by atoms with Gasteiger partial charge in [0.05, 0.1) is 39.4 Å². The summed E-state index contributed by atoms with van der Waals surface area (Å²) in [7, 11) is 0. The number of nitrogens with zero attached hydrogens (tertiary/aromatic N) is 4. The Hall–Kier alpha value is -5.95. The molecule has 1 aliphatic heterocycles. The van der Waals surface area contributed by atoms with Gasteiger partial charge in [0.1, 0.15) is 31.0 Å². The fourth-order valence-electron chi connectivity index (χ4n) is 6.91. The highest BCUT2D eigenvalue weighted by Crippen LogP contribution is 2.38. The predicted octanol–water partition coefficient (Wildman–Crippen LogP) is 7.86. The van der Waals surface area contributed by atoms with E-state index in [1.807, 2.05) is 156 Å². The van der Waals surface area contributed by atoms with Gasteiger partial charge in [0.2, 0.25) is 11.8 Å². The average molecular weight is 764 g/mol. The highest BCUT2D eigenvalue weighted by molar-refractivity contribution is 5.77. The normalized spacial score (nSPS) is 19.4. The molecular formula is C46H45N5O6. The number of rotatable bonds is 17. The fraction of sp³-hybridized carbons (Fsp3) is 0.239. The first-order valence-corrected chi connectivity index (χ1v) is 19.1. The van der Waals surface area contributed by atoms with Gasteiger partial charge in [-0.05, 0) is 27.8 Å². The maximum absolute atomic E-state index is 7.10. The minimum atomic E-state index is -0.808. The second kappa shape index (κ2) is 18.8. The standard InChI is InChI=1S/C46H45N5O6/c47-46-49-43-39(44(50-46)56-30-37-24-14-5-15-25-37)48-32-51(43)45-42(55-29-36-22-12-4-13-23-36)41(54-28-35-20-10-3-11-21-35)40(53-27-34-18-8-2-9-19-34)38(57-45)31-52-26-33-16-6-1-7-17-33/h1-25,32,38,40-42,45H,26-31H2,(H2,47,49,50)/t38-,40-,41+,42+,45+/m1/s1. The smallest absolute Gasteiger partial charge is 0.247 e. The summed E-state index contributed by atoms with van der Waals surface area (Å²) >= 11 is 0. The van der Waals surface area contributed by atoms with E-state index < -0.39 is 30.6 Å². The lowest BCUT2D eigenvalue weighted by molar-refractivity contribution is -0.289. The molecule has 1 fully saturated rings. The molecule has 0 amide bonds. The van der Waals surface area contributed by atoms with Gasteiger partial charge in [-0.1, -0.05) is 152 Å². The minimum absolute atomic E-state index is 0.0357. The molecule has 0 spiro atoms. The van der Waals surface area contributed by atoms with Crippen LogP contribution < -0.4 is 10.5 Å². The van der Waals surface area contributed by atoms with Gasteiger partial charge in [-0.15, -0.1) is 0 Å². The molecule has 1 saturated heterocycles. The van der Waals surface area contributed by atoms with Crippen LogP contribution in [-0.4, -0.2) is 50.5 Å². The molecule has 2 aromatic heterocycles.